The second-order valence-corrected chi connectivity index (χ2v) is 7.46. The number of aromatic nitrogens is 3. The summed E-state index contributed by atoms with van der Waals surface area (Å²) < 4.78 is 2.92. The topological polar surface area (TPSA) is 68.9 Å². The van der Waals surface area contributed by atoms with Gasteiger partial charge in [0.15, 0.2) is 5.65 Å². The number of imidazole rings is 1. The second kappa shape index (κ2) is 7.41. The molecule has 0 aliphatic heterocycles. The molecule has 0 bridgehead atoms. The van der Waals surface area contributed by atoms with Gasteiger partial charge in [0.2, 0.25) is 5.91 Å². The predicted molar refractivity (Wildman–Crippen MR) is 101 cm³/mol. The zero-order valence-corrected chi connectivity index (χ0v) is 15.7. The van der Waals surface area contributed by atoms with Gasteiger partial charge in [-0.2, -0.15) is 0 Å². The molecule has 1 N–H and O–H groups in total. The molecular weight excluding hydrogens is 360 g/mol. The van der Waals surface area contributed by atoms with Crippen molar-refractivity contribution in [1.29, 1.82) is 0 Å². The summed E-state index contributed by atoms with van der Waals surface area (Å²) in [5.41, 5.74) is 1.90. The van der Waals surface area contributed by atoms with Crippen molar-refractivity contribution in [3.05, 3.63) is 39.8 Å². The summed E-state index contributed by atoms with van der Waals surface area (Å²) in [5.74, 6) is 0.277. The van der Waals surface area contributed by atoms with E-state index >= 15 is 0 Å². The van der Waals surface area contributed by atoms with E-state index < -0.39 is 0 Å². The van der Waals surface area contributed by atoms with Gasteiger partial charge < -0.3 is 5.32 Å². The number of fused-ring (bicyclic) bond motifs is 1. The zero-order chi connectivity index (χ0) is 18.0. The lowest BCUT2D eigenvalue weighted by molar-refractivity contribution is -0.121. The number of pyridine rings is 1. The fourth-order valence-electron chi connectivity index (χ4n) is 2.65. The number of aryl methyl sites for hydroxylation is 2. The first-order chi connectivity index (χ1) is 12.0. The van der Waals surface area contributed by atoms with Crippen molar-refractivity contribution in [3.63, 3.8) is 0 Å². The van der Waals surface area contributed by atoms with Crippen LogP contribution in [0.5, 0.6) is 0 Å². The molecule has 25 heavy (non-hydrogen) atoms. The van der Waals surface area contributed by atoms with E-state index in [0.717, 1.165) is 10.4 Å². The van der Waals surface area contributed by atoms with E-state index in [2.05, 4.69) is 10.3 Å². The average molecular weight is 379 g/mol. The van der Waals surface area contributed by atoms with E-state index in [-0.39, 0.29) is 18.1 Å². The Bertz CT molecular complexity index is 973. The predicted octanol–water partition coefficient (Wildman–Crippen LogP) is 2.52. The molecule has 0 atom stereocenters. The highest BCUT2D eigenvalue weighted by Gasteiger charge is 2.16. The second-order valence-electron chi connectivity index (χ2n) is 5.80. The largest absolute Gasteiger partial charge is 0.355 e. The smallest absolute Gasteiger partial charge is 0.330 e. The number of nitrogens with one attached hydrogen (secondary N) is 1. The number of hydrogen-bond acceptors (Lipinski definition) is 4. The minimum atomic E-state index is -0.255. The van der Waals surface area contributed by atoms with E-state index in [0.29, 0.717) is 30.0 Å². The molecule has 1 amide bonds. The molecule has 3 aromatic rings. The first kappa shape index (κ1) is 17.7. The Hall–Kier alpha value is -2.12. The Labute approximate surface area is 154 Å². The summed E-state index contributed by atoms with van der Waals surface area (Å²) in [7, 11) is 1.66. The Kier molecular flexibility index (Phi) is 5.24. The van der Waals surface area contributed by atoms with Gasteiger partial charge in [-0.05, 0) is 31.5 Å². The summed E-state index contributed by atoms with van der Waals surface area (Å²) in [6.07, 6.45) is 2.46. The molecule has 8 heteroatoms. The van der Waals surface area contributed by atoms with Crippen LogP contribution >= 0.6 is 22.9 Å². The van der Waals surface area contributed by atoms with Crippen LogP contribution in [0.15, 0.2) is 29.2 Å². The lowest BCUT2D eigenvalue weighted by Crippen LogP contribution is -2.33. The standard InChI is InChI=1S/C17H19ClN4O2S/c1-11-4-5-14(25-11)12-8-13-16(20-9-12)21(2)17(24)22(13)10-15(23)19-7-3-6-18/h4-5,8-9H,3,6-7,10H2,1-2H3,(H,19,23). The van der Waals surface area contributed by atoms with Gasteiger partial charge in [-0.15, -0.1) is 22.9 Å². The van der Waals surface area contributed by atoms with Crippen molar-refractivity contribution in [3.8, 4) is 10.4 Å². The number of alkyl halides is 1. The molecule has 3 heterocycles. The summed E-state index contributed by atoms with van der Waals surface area (Å²) in [6, 6.07) is 6.00. The zero-order valence-electron chi connectivity index (χ0n) is 14.1. The lowest BCUT2D eigenvalue weighted by atomic mass is 10.2. The van der Waals surface area contributed by atoms with Crippen LogP contribution in [0.4, 0.5) is 0 Å². The fourth-order valence-corrected chi connectivity index (χ4v) is 3.63. The van der Waals surface area contributed by atoms with Crippen molar-refractivity contribution in [2.45, 2.75) is 19.9 Å². The number of halogens is 1. The maximum absolute atomic E-state index is 12.5. The molecule has 0 aromatic carbocycles. The number of carbonyl (C=O) groups excluding carboxylic acids is 1. The minimum Gasteiger partial charge on any atom is -0.355 e. The van der Waals surface area contributed by atoms with E-state index in [9.17, 15) is 9.59 Å². The van der Waals surface area contributed by atoms with Crippen LogP contribution in [0.1, 0.15) is 11.3 Å². The number of rotatable bonds is 6. The average Bonchev–Trinajstić information content (AvgIpc) is 3.13. The Balaban J connectivity index is 1.98. The maximum Gasteiger partial charge on any atom is 0.330 e. The number of hydrogen-bond donors (Lipinski definition) is 1. The highest BCUT2D eigenvalue weighted by molar-refractivity contribution is 7.15. The Morgan fingerprint density at radius 1 is 1.40 bits per heavy atom. The number of amides is 1. The highest BCUT2D eigenvalue weighted by Crippen LogP contribution is 2.28. The van der Waals surface area contributed by atoms with Crippen LogP contribution in [0, 0.1) is 6.92 Å². The van der Waals surface area contributed by atoms with Gasteiger partial charge in [0, 0.05) is 41.0 Å². The molecule has 6 nitrogen and oxygen atoms in total. The number of thiophene rings is 1. The number of nitrogens with zero attached hydrogens (tertiary/aromatic N) is 3. The van der Waals surface area contributed by atoms with Crippen LogP contribution in [0.2, 0.25) is 0 Å². The molecular formula is C17H19ClN4O2S. The normalized spacial score (nSPS) is 11.2. The van der Waals surface area contributed by atoms with Gasteiger partial charge in [0.25, 0.3) is 0 Å². The van der Waals surface area contributed by atoms with Crippen molar-refractivity contribution in [2.75, 3.05) is 12.4 Å². The van der Waals surface area contributed by atoms with E-state index in [1.165, 1.54) is 14.0 Å². The van der Waals surface area contributed by atoms with Gasteiger partial charge in [0.1, 0.15) is 6.54 Å². The van der Waals surface area contributed by atoms with E-state index in [1.807, 2.05) is 25.1 Å². The van der Waals surface area contributed by atoms with Crippen molar-refractivity contribution >= 4 is 40.0 Å². The van der Waals surface area contributed by atoms with Crippen LogP contribution in [0.25, 0.3) is 21.6 Å². The molecule has 0 spiro atoms. The van der Waals surface area contributed by atoms with Crippen LogP contribution < -0.4 is 11.0 Å². The molecule has 3 rings (SSSR count). The monoisotopic (exact) mass is 378 g/mol. The Morgan fingerprint density at radius 2 is 2.20 bits per heavy atom. The third-order valence-corrected chi connectivity index (χ3v) is 5.25. The highest BCUT2D eigenvalue weighted by atomic mass is 35.5. The fraction of sp³-hybridized carbons (Fsp3) is 0.353. The Morgan fingerprint density at radius 3 is 2.88 bits per heavy atom. The van der Waals surface area contributed by atoms with Gasteiger partial charge in [-0.3, -0.25) is 13.9 Å². The third kappa shape index (κ3) is 3.62. The molecule has 0 saturated heterocycles. The lowest BCUT2D eigenvalue weighted by Gasteiger charge is -2.05. The van der Waals surface area contributed by atoms with Crippen LogP contribution in [0.3, 0.4) is 0 Å². The summed E-state index contributed by atoms with van der Waals surface area (Å²) in [5, 5.41) is 2.77. The molecule has 0 unspecified atom stereocenters. The van der Waals surface area contributed by atoms with E-state index in [4.69, 9.17) is 11.6 Å². The third-order valence-electron chi connectivity index (χ3n) is 3.93. The van der Waals surface area contributed by atoms with Crippen molar-refractivity contribution in [2.24, 2.45) is 7.05 Å². The summed E-state index contributed by atoms with van der Waals surface area (Å²) in [6.45, 7) is 2.51. The summed E-state index contributed by atoms with van der Waals surface area (Å²) in [4.78, 5) is 31.3. The van der Waals surface area contributed by atoms with Crippen LogP contribution in [-0.4, -0.2) is 32.5 Å². The molecule has 0 radical (unpaired) electrons. The molecule has 0 aliphatic rings. The first-order valence-corrected chi connectivity index (χ1v) is 9.31. The first-order valence-electron chi connectivity index (χ1n) is 7.96. The van der Waals surface area contributed by atoms with Gasteiger partial charge >= 0.3 is 5.69 Å². The quantitative estimate of drug-likeness (QED) is 0.529. The molecule has 0 aliphatic carbocycles. The SMILES string of the molecule is Cc1ccc(-c2cnc3c(c2)n(CC(=O)NCCCCl)c(=O)n3C)s1. The van der Waals surface area contributed by atoms with Crippen LogP contribution in [-0.2, 0) is 18.4 Å². The maximum atomic E-state index is 12.5. The van der Waals surface area contributed by atoms with Crippen molar-refractivity contribution < 1.29 is 4.79 Å². The number of carbonyl (C=O) groups is 1. The molecule has 0 saturated carbocycles. The molecule has 132 valence electrons. The minimum absolute atomic E-state index is 0.0347. The van der Waals surface area contributed by atoms with Gasteiger partial charge in [0.05, 0.1) is 5.52 Å². The van der Waals surface area contributed by atoms with Crippen molar-refractivity contribution in [1.82, 2.24) is 19.4 Å². The molecule has 3 aromatic heterocycles. The summed E-state index contributed by atoms with van der Waals surface area (Å²) >= 11 is 7.28. The van der Waals surface area contributed by atoms with Gasteiger partial charge in [-0.25, -0.2) is 9.78 Å². The van der Waals surface area contributed by atoms with E-state index in [1.54, 1.807) is 24.6 Å². The molecule has 0 fully saturated rings. The van der Waals surface area contributed by atoms with Gasteiger partial charge in [-0.1, -0.05) is 0 Å².